The lowest BCUT2D eigenvalue weighted by atomic mass is 10.2. The van der Waals surface area contributed by atoms with Crippen molar-refractivity contribution in [2.24, 2.45) is 0 Å². The third-order valence-electron chi connectivity index (χ3n) is 2.82. The van der Waals surface area contributed by atoms with Crippen LogP contribution in [-0.4, -0.2) is 15.5 Å². The normalized spacial score (nSPS) is 9.90. The Kier molecular flexibility index (Phi) is 4.00. The molecule has 0 aliphatic rings. The number of nitriles is 1. The van der Waals surface area contributed by atoms with E-state index in [1.54, 1.807) is 24.3 Å². The average Bonchev–Trinajstić information content (AvgIpc) is 2.45. The van der Waals surface area contributed by atoms with Gasteiger partial charge in [0.15, 0.2) is 0 Å². The quantitative estimate of drug-likeness (QED) is 0.848. The second-order valence-corrected chi connectivity index (χ2v) is 4.40. The SMILES string of the molecule is Cc1cn(CC(=O)Nc2ccccc2C#N)c(=O)[nH]c1=O. The van der Waals surface area contributed by atoms with E-state index in [4.69, 9.17) is 5.26 Å². The molecule has 1 amide bonds. The molecule has 2 N–H and O–H groups in total. The van der Waals surface area contributed by atoms with Gasteiger partial charge in [-0.25, -0.2) is 4.79 Å². The van der Waals surface area contributed by atoms with Crippen molar-refractivity contribution < 1.29 is 4.79 Å². The molecule has 0 atom stereocenters. The van der Waals surface area contributed by atoms with Gasteiger partial charge in [0, 0.05) is 11.8 Å². The highest BCUT2D eigenvalue weighted by Crippen LogP contribution is 2.13. The van der Waals surface area contributed by atoms with E-state index in [0.29, 0.717) is 16.8 Å². The van der Waals surface area contributed by atoms with Gasteiger partial charge in [0.05, 0.1) is 11.3 Å². The molecule has 1 aromatic carbocycles. The van der Waals surface area contributed by atoms with Crippen molar-refractivity contribution in [2.45, 2.75) is 13.5 Å². The van der Waals surface area contributed by atoms with Crippen LogP contribution in [0.25, 0.3) is 0 Å². The fraction of sp³-hybridized carbons (Fsp3) is 0.143. The number of benzene rings is 1. The molecule has 0 saturated heterocycles. The number of aromatic amines is 1. The van der Waals surface area contributed by atoms with Crippen molar-refractivity contribution >= 4 is 11.6 Å². The summed E-state index contributed by atoms with van der Waals surface area (Å²) in [6.45, 7) is 1.29. The molecule has 106 valence electrons. The van der Waals surface area contributed by atoms with Crippen molar-refractivity contribution in [3.05, 3.63) is 62.4 Å². The molecule has 1 aromatic heterocycles. The van der Waals surface area contributed by atoms with Crippen LogP contribution in [-0.2, 0) is 11.3 Å². The maximum atomic E-state index is 11.9. The fourth-order valence-corrected chi connectivity index (χ4v) is 1.77. The first-order valence-electron chi connectivity index (χ1n) is 6.10. The highest BCUT2D eigenvalue weighted by molar-refractivity contribution is 5.91. The number of H-pyrrole nitrogens is 1. The average molecular weight is 284 g/mol. The lowest BCUT2D eigenvalue weighted by Crippen LogP contribution is -2.34. The Morgan fingerprint density at radius 3 is 2.81 bits per heavy atom. The van der Waals surface area contributed by atoms with Gasteiger partial charge in [-0.1, -0.05) is 12.1 Å². The zero-order valence-electron chi connectivity index (χ0n) is 11.2. The van der Waals surface area contributed by atoms with Crippen LogP contribution < -0.4 is 16.6 Å². The molecule has 0 fully saturated rings. The van der Waals surface area contributed by atoms with Gasteiger partial charge in [0.1, 0.15) is 12.6 Å². The van der Waals surface area contributed by atoms with Crippen LogP contribution in [0.5, 0.6) is 0 Å². The van der Waals surface area contributed by atoms with E-state index < -0.39 is 17.2 Å². The lowest BCUT2D eigenvalue weighted by Gasteiger charge is -2.08. The molecule has 0 aliphatic carbocycles. The smallest absolute Gasteiger partial charge is 0.323 e. The third kappa shape index (κ3) is 3.25. The maximum absolute atomic E-state index is 11.9. The largest absolute Gasteiger partial charge is 0.328 e. The first-order chi connectivity index (χ1) is 10.0. The minimum Gasteiger partial charge on any atom is -0.323 e. The summed E-state index contributed by atoms with van der Waals surface area (Å²) < 4.78 is 1.10. The number of rotatable bonds is 3. The summed E-state index contributed by atoms with van der Waals surface area (Å²) in [6.07, 6.45) is 1.32. The van der Waals surface area contributed by atoms with E-state index in [1.165, 1.54) is 13.1 Å². The van der Waals surface area contributed by atoms with Crippen molar-refractivity contribution in [3.8, 4) is 6.07 Å². The molecule has 0 spiro atoms. The minimum absolute atomic E-state index is 0.254. The fourth-order valence-electron chi connectivity index (χ4n) is 1.77. The number of nitrogens with one attached hydrogen (secondary N) is 2. The van der Waals surface area contributed by atoms with Crippen LogP contribution in [0.2, 0.25) is 0 Å². The van der Waals surface area contributed by atoms with Crippen LogP contribution in [0.3, 0.4) is 0 Å². The lowest BCUT2D eigenvalue weighted by molar-refractivity contribution is -0.116. The number of carbonyl (C=O) groups is 1. The number of para-hydroxylation sites is 1. The van der Waals surface area contributed by atoms with Crippen LogP contribution in [0.1, 0.15) is 11.1 Å². The van der Waals surface area contributed by atoms with E-state index in [-0.39, 0.29) is 6.54 Å². The maximum Gasteiger partial charge on any atom is 0.328 e. The van der Waals surface area contributed by atoms with Crippen LogP contribution in [0.15, 0.2) is 40.1 Å². The summed E-state index contributed by atoms with van der Waals surface area (Å²) >= 11 is 0. The first kappa shape index (κ1) is 14.3. The van der Waals surface area contributed by atoms with E-state index in [9.17, 15) is 14.4 Å². The number of aromatic nitrogens is 2. The number of anilines is 1. The van der Waals surface area contributed by atoms with Gasteiger partial charge >= 0.3 is 5.69 Å². The van der Waals surface area contributed by atoms with Gasteiger partial charge in [-0.2, -0.15) is 5.26 Å². The Morgan fingerprint density at radius 1 is 1.38 bits per heavy atom. The van der Waals surface area contributed by atoms with Crippen molar-refractivity contribution in [1.29, 1.82) is 5.26 Å². The molecule has 7 heteroatoms. The molecule has 0 saturated carbocycles. The van der Waals surface area contributed by atoms with Gasteiger partial charge in [-0.15, -0.1) is 0 Å². The van der Waals surface area contributed by atoms with E-state index >= 15 is 0 Å². The second kappa shape index (κ2) is 5.88. The minimum atomic E-state index is -0.658. The second-order valence-electron chi connectivity index (χ2n) is 4.40. The van der Waals surface area contributed by atoms with E-state index in [1.807, 2.05) is 6.07 Å². The summed E-state index contributed by atoms with van der Waals surface area (Å²) in [7, 11) is 0. The molecule has 1 heterocycles. The van der Waals surface area contributed by atoms with Gasteiger partial charge < -0.3 is 5.32 Å². The van der Waals surface area contributed by atoms with E-state index in [0.717, 1.165) is 4.57 Å². The Balaban J connectivity index is 2.20. The number of hydrogen-bond acceptors (Lipinski definition) is 4. The summed E-state index contributed by atoms with van der Waals surface area (Å²) in [6, 6.07) is 8.50. The molecule has 21 heavy (non-hydrogen) atoms. The summed E-state index contributed by atoms with van der Waals surface area (Å²) in [5, 5.41) is 11.5. The summed E-state index contributed by atoms with van der Waals surface area (Å²) in [5.41, 5.74) is -0.101. The standard InChI is InChI=1S/C14H12N4O3/c1-9-7-18(14(21)17-13(9)20)8-12(19)16-11-5-3-2-4-10(11)6-15/h2-5,7H,8H2,1H3,(H,16,19)(H,17,20,21). The zero-order valence-corrected chi connectivity index (χ0v) is 11.2. The van der Waals surface area contributed by atoms with Crippen LogP contribution in [0, 0.1) is 18.3 Å². The molecule has 0 radical (unpaired) electrons. The first-order valence-corrected chi connectivity index (χ1v) is 6.10. The van der Waals surface area contributed by atoms with Gasteiger partial charge in [0.2, 0.25) is 5.91 Å². The molecule has 0 aliphatic heterocycles. The Morgan fingerprint density at radius 2 is 2.10 bits per heavy atom. The molecule has 2 aromatic rings. The van der Waals surface area contributed by atoms with Crippen molar-refractivity contribution in [3.63, 3.8) is 0 Å². The van der Waals surface area contributed by atoms with Crippen LogP contribution in [0.4, 0.5) is 5.69 Å². The highest BCUT2D eigenvalue weighted by Gasteiger charge is 2.09. The van der Waals surface area contributed by atoms with Gasteiger partial charge in [-0.05, 0) is 19.1 Å². The predicted octanol–water partition coefficient (Wildman–Crippen LogP) is 0.355. The van der Waals surface area contributed by atoms with Crippen molar-refractivity contribution in [2.75, 3.05) is 5.32 Å². The predicted molar refractivity (Wildman–Crippen MR) is 75.8 cm³/mol. The Bertz CT molecular complexity index is 842. The van der Waals surface area contributed by atoms with E-state index in [2.05, 4.69) is 10.3 Å². The number of hydrogen-bond donors (Lipinski definition) is 2. The molecular weight excluding hydrogens is 272 g/mol. The number of carbonyl (C=O) groups excluding carboxylic acids is 1. The molecule has 7 nitrogen and oxygen atoms in total. The summed E-state index contributed by atoms with van der Waals surface area (Å²) in [4.78, 5) is 36.9. The Labute approximate surface area is 119 Å². The van der Waals surface area contributed by atoms with Gasteiger partial charge in [0.25, 0.3) is 5.56 Å². The number of aryl methyl sites for hydroxylation is 1. The number of amides is 1. The summed E-state index contributed by atoms with van der Waals surface area (Å²) in [5.74, 6) is -0.466. The molecule has 0 unspecified atom stereocenters. The highest BCUT2D eigenvalue weighted by atomic mass is 16.2. The van der Waals surface area contributed by atoms with Crippen molar-refractivity contribution in [1.82, 2.24) is 9.55 Å². The monoisotopic (exact) mass is 284 g/mol. The zero-order chi connectivity index (χ0) is 15.4. The molecule has 0 bridgehead atoms. The Hall–Kier alpha value is -3.14. The molecule has 2 rings (SSSR count). The topological polar surface area (TPSA) is 108 Å². The van der Waals surface area contributed by atoms with Crippen LogP contribution >= 0.6 is 0 Å². The van der Waals surface area contributed by atoms with Gasteiger partial charge in [-0.3, -0.25) is 19.1 Å². The number of nitrogens with zero attached hydrogens (tertiary/aromatic N) is 2. The molecular formula is C14H12N4O3. The third-order valence-corrected chi connectivity index (χ3v) is 2.82.